The number of anilines is 1. The molecule has 20 heavy (non-hydrogen) atoms. The molecule has 0 radical (unpaired) electrons. The van der Waals surface area contributed by atoms with Gasteiger partial charge in [0.2, 0.25) is 0 Å². The average Bonchev–Trinajstić information content (AvgIpc) is 2.48. The number of ketones is 1. The molecule has 0 aromatic heterocycles. The van der Waals surface area contributed by atoms with Gasteiger partial charge in [-0.15, -0.1) is 12.6 Å². The molecule has 0 aliphatic heterocycles. The van der Waals surface area contributed by atoms with Gasteiger partial charge in [-0.1, -0.05) is 31.4 Å². The molecule has 0 atom stereocenters. The van der Waals surface area contributed by atoms with Crippen LogP contribution in [0, 0.1) is 5.92 Å². The Kier molecular flexibility index (Phi) is 5.30. The summed E-state index contributed by atoms with van der Waals surface area (Å²) in [5.74, 6) is 0.518. The quantitative estimate of drug-likeness (QED) is 0.652. The lowest BCUT2D eigenvalue weighted by atomic mass is 9.86. The minimum atomic E-state index is 0.235. The number of thiol groups is 1. The smallest absolute Gasteiger partial charge is 0.160 e. The van der Waals surface area contributed by atoms with E-state index in [-0.39, 0.29) is 11.7 Å². The highest BCUT2D eigenvalue weighted by Gasteiger charge is 2.20. The second kappa shape index (κ2) is 6.98. The summed E-state index contributed by atoms with van der Waals surface area (Å²) in [5, 5.41) is 0. The van der Waals surface area contributed by atoms with Crippen LogP contribution in [0.4, 0.5) is 5.69 Å². The van der Waals surface area contributed by atoms with Crippen molar-refractivity contribution in [1.82, 2.24) is 0 Å². The molecule has 0 heterocycles. The van der Waals surface area contributed by atoms with Gasteiger partial charge in [0.05, 0.1) is 5.69 Å². The van der Waals surface area contributed by atoms with E-state index in [4.69, 9.17) is 0 Å². The molecule has 2 nitrogen and oxygen atoms in total. The lowest BCUT2D eigenvalue weighted by Gasteiger charge is -2.23. The van der Waals surface area contributed by atoms with Gasteiger partial charge >= 0.3 is 0 Å². The molecule has 0 amide bonds. The fraction of sp³-hybridized carbons (Fsp3) is 0.471. The van der Waals surface area contributed by atoms with E-state index in [1.54, 1.807) is 6.08 Å². The average molecular weight is 289 g/mol. The molecule has 0 saturated heterocycles. The molecule has 1 saturated carbocycles. The fourth-order valence-corrected chi connectivity index (χ4v) is 3.06. The first-order valence-corrected chi connectivity index (χ1v) is 7.78. The van der Waals surface area contributed by atoms with Crippen molar-refractivity contribution in [3.8, 4) is 0 Å². The minimum Gasteiger partial charge on any atom is -0.347 e. The first kappa shape index (κ1) is 15.2. The zero-order chi connectivity index (χ0) is 14.5. The number of carbonyl (C=O) groups excluding carboxylic acids is 1. The fourth-order valence-electron chi connectivity index (χ4n) is 2.75. The molecule has 2 rings (SSSR count). The third kappa shape index (κ3) is 3.66. The minimum absolute atomic E-state index is 0.235. The van der Waals surface area contributed by atoms with Crippen LogP contribution in [0.1, 0.15) is 39.0 Å². The largest absolute Gasteiger partial charge is 0.347 e. The van der Waals surface area contributed by atoms with Crippen molar-refractivity contribution >= 4 is 24.1 Å². The molecule has 1 aliphatic carbocycles. The highest BCUT2D eigenvalue weighted by molar-refractivity contribution is 7.80. The topological polar surface area (TPSA) is 20.3 Å². The monoisotopic (exact) mass is 289 g/mol. The van der Waals surface area contributed by atoms with Crippen LogP contribution in [-0.2, 0) is 4.79 Å². The molecule has 3 heteroatoms. The summed E-state index contributed by atoms with van der Waals surface area (Å²) in [4.78, 5) is 15.3. The van der Waals surface area contributed by atoms with E-state index in [1.165, 1.54) is 19.3 Å². The highest BCUT2D eigenvalue weighted by atomic mass is 32.1. The Hall–Kier alpha value is -1.22. The first-order chi connectivity index (χ1) is 9.59. The van der Waals surface area contributed by atoms with Gasteiger partial charge in [0.15, 0.2) is 5.78 Å². The van der Waals surface area contributed by atoms with Crippen LogP contribution in [0.5, 0.6) is 0 Å². The summed E-state index contributed by atoms with van der Waals surface area (Å²) >= 11 is 4.47. The van der Waals surface area contributed by atoms with Crippen LogP contribution >= 0.6 is 12.6 Å². The highest BCUT2D eigenvalue weighted by Crippen LogP contribution is 2.27. The molecule has 0 spiro atoms. The molecule has 0 bridgehead atoms. The van der Waals surface area contributed by atoms with Gasteiger partial charge in [0.25, 0.3) is 0 Å². The maximum Gasteiger partial charge on any atom is 0.160 e. The Morgan fingerprint density at radius 1 is 1.25 bits per heavy atom. The molecule has 0 unspecified atom stereocenters. The van der Waals surface area contributed by atoms with Crippen molar-refractivity contribution in [2.24, 2.45) is 5.92 Å². The van der Waals surface area contributed by atoms with Crippen molar-refractivity contribution in [2.75, 3.05) is 11.9 Å². The molecule has 1 aromatic carbocycles. The van der Waals surface area contributed by atoms with E-state index < -0.39 is 0 Å². The normalized spacial score (nSPS) is 17.1. The Labute approximate surface area is 127 Å². The molecule has 1 aliphatic rings. The van der Waals surface area contributed by atoms with Gasteiger partial charge in [-0.25, -0.2) is 0 Å². The Bertz CT molecular complexity index is 503. The number of nitrogens with zero attached hydrogens (tertiary/aromatic N) is 1. The molecule has 1 fully saturated rings. The number of rotatable bonds is 4. The van der Waals surface area contributed by atoms with Crippen LogP contribution in [-0.4, -0.2) is 12.8 Å². The summed E-state index contributed by atoms with van der Waals surface area (Å²) in [6.07, 6.45) is 7.57. The van der Waals surface area contributed by atoms with Crippen molar-refractivity contribution < 1.29 is 4.79 Å². The van der Waals surface area contributed by atoms with Crippen molar-refractivity contribution in [3.63, 3.8) is 0 Å². The maximum atomic E-state index is 12.3. The van der Waals surface area contributed by atoms with Crippen LogP contribution in [0.15, 0.2) is 40.9 Å². The number of allylic oxidation sites excluding steroid dienone is 2. The van der Waals surface area contributed by atoms with Crippen LogP contribution in [0.2, 0.25) is 0 Å². The molecule has 0 N–H and O–H groups in total. The zero-order valence-electron chi connectivity index (χ0n) is 12.3. The van der Waals surface area contributed by atoms with E-state index in [0.29, 0.717) is 0 Å². The van der Waals surface area contributed by atoms with Gasteiger partial charge in [0, 0.05) is 29.6 Å². The third-order valence-corrected chi connectivity index (χ3v) is 4.51. The lowest BCUT2D eigenvalue weighted by molar-refractivity contribution is -0.119. The number of hydrogen-bond donors (Lipinski definition) is 1. The number of para-hydroxylation sites is 1. The van der Waals surface area contributed by atoms with Gasteiger partial charge in [-0.2, -0.15) is 0 Å². The van der Waals surface area contributed by atoms with E-state index in [9.17, 15) is 4.79 Å². The summed E-state index contributed by atoms with van der Waals surface area (Å²) < 4.78 is 0. The van der Waals surface area contributed by atoms with Gasteiger partial charge < -0.3 is 4.90 Å². The van der Waals surface area contributed by atoms with Crippen molar-refractivity contribution in [1.29, 1.82) is 0 Å². The zero-order valence-corrected chi connectivity index (χ0v) is 13.2. The summed E-state index contributed by atoms with van der Waals surface area (Å²) in [5.41, 5.74) is 2.00. The van der Waals surface area contributed by atoms with Crippen LogP contribution in [0.3, 0.4) is 0 Å². The first-order valence-electron chi connectivity index (χ1n) is 7.33. The predicted molar refractivity (Wildman–Crippen MR) is 87.4 cm³/mol. The SMILES string of the molecule is C/C(=C/C(=O)C1CCCCC1)N(C)c1ccccc1S. The Balaban J connectivity index is 2.09. The third-order valence-electron chi connectivity index (χ3n) is 4.13. The number of hydrogen-bond acceptors (Lipinski definition) is 3. The molecule has 108 valence electrons. The Morgan fingerprint density at radius 3 is 2.55 bits per heavy atom. The standard InChI is InChI=1S/C17H23NOS/c1-13(12-16(19)14-8-4-3-5-9-14)18(2)15-10-6-7-11-17(15)20/h6-7,10-12,14,20H,3-5,8-9H2,1-2H3/b13-12-. The van der Waals surface area contributed by atoms with Crippen molar-refractivity contribution in [2.45, 2.75) is 43.9 Å². The lowest BCUT2D eigenvalue weighted by Crippen LogP contribution is -2.20. The van der Waals surface area contributed by atoms with Crippen molar-refractivity contribution in [3.05, 3.63) is 36.0 Å². The molecule has 1 aromatic rings. The summed E-state index contributed by atoms with van der Waals surface area (Å²) in [6, 6.07) is 7.93. The summed E-state index contributed by atoms with van der Waals surface area (Å²) in [7, 11) is 1.98. The summed E-state index contributed by atoms with van der Waals surface area (Å²) in [6.45, 7) is 1.99. The number of benzene rings is 1. The maximum absolute atomic E-state index is 12.3. The van der Waals surface area contributed by atoms with Crippen LogP contribution < -0.4 is 4.90 Å². The van der Waals surface area contributed by atoms with E-state index >= 15 is 0 Å². The predicted octanol–water partition coefficient (Wildman–Crippen LogP) is 4.46. The van der Waals surface area contributed by atoms with Gasteiger partial charge in [0.1, 0.15) is 0 Å². The Morgan fingerprint density at radius 2 is 1.90 bits per heavy atom. The van der Waals surface area contributed by atoms with E-state index in [0.717, 1.165) is 29.1 Å². The molecular weight excluding hydrogens is 266 g/mol. The molecular formula is C17H23NOS. The van der Waals surface area contributed by atoms with E-state index in [1.807, 2.05) is 43.1 Å². The van der Waals surface area contributed by atoms with E-state index in [2.05, 4.69) is 12.6 Å². The van der Waals surface area contributed by atoms with Crippen LogP contribution in [0.25, 0.3) is 0 Å². The second-order valence-electron chi connectivity index (χ2n) is 5.57. The van der Waals surface area contributed by atoms with Gasteiger partial charge in [-0.05, 0) is 31.9 Å². The van der Waals surface area contributed by atoms with Gasteiger partial charge in [-0.3, -0.25) is 4.79 Å². The number of carbonyl (C=O) groups is 1. The second-order valence-corrected chi connectivity index (χ2v) is 6.05.